The number of anilines is 1. The summed E-state index contributed by atoms with van der Waals surface area (Å²) in [6.07, 6.45) is 1.71. The molecule has 0 aromatic heterocycles. The van der Waals surface area contributed by atoms with Gasteiger partial charge in [-0.1, -0.05) is 29.3 Å². The van der Waals surface area contributed by atoms with E-state index in [1.165, 1.54) is 7.11 Å². The average Bonchev–Trinajstić information content (AvgIpc) is 2.90. The lowest BCUT2D eigenvalue weighted by Gasteiger charge is -2.10. The van der Waals surface area contributed by atoms with Crippen molar-refractivity contribution in [3.63, 3.8) is 0 Å². The van der Waals surface area contributed by atoms with Crippen LogP contribution >= 0.6 is 23.2 Å². The maximum Gasteiger partial charge on any atom is 0.333 e. The average molecular weight is 332 g/mol. The van der Waals surface area contributed by atoms with Crippen molar-refractivity contribution in [2.75, 3.05) is 19.0 Å². The normalized spacial score (nSPS) is 12.9. The Morgan fingerprint density at radius 1 is 1.40 bits per heavy atom. The fourth-order valence-electron chi connectivity index (χ4n) is 1.59. The summed E-state index contributed by atoms with van der Waals surface area (Å²) in [5, 5.41) is 4.03. The smallest absolute Gasteiger partial charge is 0.333 e. The Kier molecular flexibility index (Phi) is 4.80. The van der Waals surface area contributed by atoms with Crippen molar-refractivity contribution in [3.05, 3.63) is 27.8 Å². The Hall–Kier alpha value is -1.37. The third-order valence-corrected chi connectivity index (χ3v) is 3.75. The van der Waals surface area contributed by atoms with Crippen LogP contribution in [0, 0.1) is 0 Å². The molecular weight excluding hydrogens is 321 g/mol. The quantitative estimate of drug-likeness (QED) is 0.672. The number of hydrogen-bond acceptors (Lipinski definition) is 5. The zero-order chi connectivity index (χ0) is 14.7. The molecule has 0 aliphatic carbocycles. The molecule has 0 atom stereocenters. The van der Waals surface area contributed by atoms with Gasteiger partial charge in [-0.15, -0.1) is 0 Å². The van der Waals surface area contributed by atoms with Gasteiger partial charge in [-0.3, -0.25) is 0 Å². The van der Waals surface area contributed by atoms with Crippen LogP contribution in [0.5, 0.6) is 0 Å². The first-order valence-corrected chi connectivity index (χ1v) is 7.12. The Labute approximate surface area is 129 Å². The largest absolute Gasteiger partial charge is 0.466 e. The number of nitrogens with one attached hydrogen (secondary N) is 1. The summed E-state index contributed by atoms with van der Waals surface area (Å²) in [6, 6.07) is 1.62. The van der Waals surface area contributed by atoms with E-state index >= 15 is 0 Å². The lowest BCUT2D eigenvalue weighted by Crippen LogP contribution is -2.05. The van der Waals surface area contributed by atoms with Crippen LogP contribution in [0.4, 0.5) is 17.1 Å². The van der Waals surface area contributed by atoms with Gasteiger partial charge in [0.05, 0.1) is 34.2 Å². The number of benzene rings is 1. The standard InChI is InChI=1S/C12H11Cl2N3O2S/c1-6(12(18)19-2)3-4-15-9-7(13)5-8(14)10-11(9)17-20-16-10/h3,5,15H,4H2,1-2H3. The molecule has 0 bridgehead atoms. The molecule has 8 heteroatoms. The second-order valence-electron chi connectivity index (χ2n) is 3.94. The third-order valence-electron chi connectivity index (χ3n) is 2.64. The minimum atomic E-state index is -0.366. The zero-order valence-corrected chi connectivity index (χ0v) is 13.1. The Morgan fingerprint density at radius 2 is 2.10 bits per heavy atom. The van der Waals surface area contributed by atoms with Crippen molar-refractivity contribution in [3.8, 4) is 0 Å². The van der Waals surface area contributed by atoms with Crippen molar-refractivity contribution in [2.45, 2.75) is 6.92 Å². The Balaban J connectivity index is 2.18. The summed E-state index contributed by atoms with van der Waals surface area (Å²) in [7, 11) is 1.34. The summed E-state index contributed by atoms with van der Waals surface area (Å²) in [6.45, 7) is 2.09. The number of fused-ring (bicyclic) bond motifs is 1. The summed E-state index contributed by atoms with van der Waals surface area (Å²) in [5.41, 5.74) is 2.39. The van der Waals surface area contributed by atoms with Crippen LogP contribution in [0.1, 0.15) is 6.92 Å². The van der Waals surface area contributed by atoms with Gasteiger partial charge >= 0.3 is 5.97 Å². The highest BCUT2D eigenvalue weighted by Crippen LogP contribution is 2.47. The fourth-order valence-corrected chi connectivity index (χ4v) is 2.77. The first kappa shape index (κ1) is 15.0. The SMILES string of the molecule is COC(=O)C(C)=CCNc1c(Cl)cc(Cl)c2c1N=S=N2. The van der Waals surface area contributed by atoms with E-state index in [1.54, 1.807) is 19.1 Å². The molecule has 0 saturated heterocycles. The van der Waals surface area contributed by atoms with E-state index in [-0.39, 0.29) is 5.97 Å². The number of ether oxygens (including phenoxy) is 1. The molecule has 0 spiro atoms. The second kappa shape index (κ2) is 6.39. The van der Waals surface area contributed by atoms with Gasteiger partial charge < -0.3 is 10.1 Å². The summed E-state index contributed by atoms with van der Waals surface area (Å²) >= 11 is 13.3. The van der Waals surface area contributed by atoms with Crippen LogP contribution in [0.2, 0.25) is 10.0 Å². The van der Waals surface area contributed by atoms with Gasteiger partial charge in [0.15, 0.2) is 0 Å². The molecule has 0 unspecified atom stereocenters. The Morgan fingerprint density at radius 3 is 2.80 bits per heavy atom. The van der Waals surface area contributed by atoms with E-state index in [2.05, 4.69) is 18.8 Å². The van der Waals surface area contributed by atoms with E-state index < -0.39 is 0 Å². The van der Waals surface area contributed by atoms with Gasteiger partial charge in [0.25, 0.3) is 0 Å². The monoisotopic (exact) mass is 331 g/mol. The molecule has 5 nitrogen and oxygen atoms in total. The van der Waals surface area contributed by atoms with Crippen LogP contribution < -0.4 is 5.32 Å². The number of rotatable bonds is 4. The molecule has 1 aliphatic rings. The maximum atomic E-state index is 11.3. The van der Waals surface area contributed by atoms with Crippen LogP contribution in [0.3, 0.4) is 0 Å². The van der Waals surface area contributed by atoms with Gasteiger partial charge in [-0.2, -0.15) is 8.73 Å². The predicted molar refractivity (Wildman–Crippen MR) is 82.3 cm³/mol. The van der Waals surface area contributed by atoms with Crippen LogP contribution in [0.15, 0.2) is 26.4 Å². The number of nitrogens with zero attached hydrogens (tertiary/aromatic N) is 2. The zero-order valence-electron chi connectivity index (χ0n) is 10.7. The lowest BCUT2D eigenvalue weighted by atomic mass is 10.2. The van der Waals surface area contributed by atoms with Crippen molar-refractivity contribution >= 4 is 57.6 Å². The molecule has 1 aromatic rings. The van der Waals surface area contributed by atoms with Crippen molar-refractivity contribution in [1.82, 2.24) is 0 Å². The van der Waals surface area contributed by atoms with E-state index in [9.17, 15) is 4.79 Å². The topological polar surface area (TPSA) is 63.0 Å². The van der Waals surface area contributed by atoms with Crippen LogP contribution in [-0.4, -0.2) is 19.6 Å². The molecule has 0 amide bonds. The number of hydrogen-bond donors (Lipinski definition) is 1. The molecule has 106 valence electrons. The lowest BCUT2D eigenvalue weighted by molar-refractivity contribution is -0.136. The van der Waals surface area contributed by atoms with Crippen molar-refractivity contribution in [1.29, 1.82) is 0 Å². The number of carbonyl (C=O) groups is 1. The van der Waals surface area contributed by atoms with E-state index in [0.29, 0.717) is 39.2 Å². The summed E-state index contributed by atoms with van der Waals surface area (Å²) in [4.78, 5) is 11.3. The van der Waals surface area contributed by atoms with E-state index in [0.717, 1.165) is 11.4 Å². The molecule has 0 radical (unpaired) electrons. The minimum absolute atomic E-state index is 0.366. The highest BCUT2D eigenvalue weighted by Gasteiger charge is 2.18. The molecule has 2 rings (SSSR count). The first-order chi connectivity index (χ1) is 9.54. The molecular formula is C12H11Cl2N3O2S. The van der Waals surface area contributed by atoms with Gasteiger partial charge in [0.1, 0.15) is 11.4 Å². The van der Waals surface area contributed by atoms with Gasteiger partial charge in [-0.05, 0) is 13.0 Å². The number of esters is 1. The number of carbonyl (C=O) groups excluding carboxylic acids is 1. The predicted octanol–water partition coefficient (Wildman–Crippen LogP) is 4.25. The molecule has 1 aliphatic heterocycles. The molecule has 1 N–H and O–H groups in total. The van der Waals surface area contributed by atoms with Gasteiger partial charge in [0.2, 0.25) is 0 Å². The number of methoxy groups -OCH3 is 1. The molecule has 0 saturated carbocycles. The second-order valence-corrected chi connectivity index (χ2v) is 5.28. The highest BCUT2D eigenvalue weighted by atomic mass is 35.5. The summed E-state index contributed by atoms with van der Waals surface area (Å²) < 4.78 is 12.9. The molecule has 20 heavy (non-hydrogen) atoms. The minimum Gasteiger partial charge on any atom is -0.466 e. The van der Waals surface area contributed by atoms with E-state index in [4.69, 9.17) is 23.2 Å². The van der Waals surface area contributed by atoms with Gasteiger partial charge in [-0.25, -0.2) is 4.79 Å². The molecule has 1 heterocycles. The molecule has 0 fully saturated rings. The number of halogens is 2. The van der Waals surface area contributed by atoms with E-state index in [1.807, 2.05) is 0 Å². The summed E-state index contributed by atoms with van der Waals surface area (Å²) in [5.74, 6) is -0.366. The van der Waals surface area contributed by atoms with Crippen molar-refractivity contribution < 1.29 is 9.53 Å². The highest BCUT2D eigenvalue weighted by molar-refractivity contribution is 7.58. The molecule has 1 aromatic carbocycles. The fraction of sp³-hybridized carbons (Fsp3) is 0.250. The first-order valence-electron chi connectivity index (χ1n) is 5.63. The van der Waals surface area contributed by atoms with Crippen LogP contribution in [-0.2, 0) is 20.9 Å². The third kappa shape index (κ3) is 3.03. The Bertz CT molecular complexity index is 667. The van der Waals surface area contributed by atoms with Crippen molar-refractivity contribution in [2.24, 2.45) is 8.73 Å². The van der Waals surface area contributed by atoms with Crippen LogP contribution in [0.25, 0.3) is 0 Å². The maximum absolute atomic E-state index is 11.3. The van der Waals surface area contributed by atoms with Gasteiger partial charge in [0, 0.05) is 12.1 Å².